The Labute approximate surface area is 188 Å². The highest BCUT2D eigenvalue weighted by Crippen LogP contribution is 2.28. The second-order valence-corrected chi connectivity index (χ2v) is 8.64. The monoisotopic (exact) mass is 439 g/mol. The summed E-state index contributed by atoms with van der Waals surface area (Å²) in [5.74, 6) is 2.79. The van der Waals surface area contributed by atoms with Gasteiger partial charge in [-0.05, 0) is 30.0 Å². The van der Waals surface area contributed by atoms with Gasteiger partial charge in [-0.15, -0.1) is 0 Å². The molecule has 1 atom stereocenters. The van der Waals surface area contributed by atoms with Gasteiger partial charge in [0.2, 0.25) is 5.95 Å². The van der Waals surface area contributed by atoms with Crippen LogP contribution in [0, 0.1) is 5.92 Å². The molecule has 1 aliphatic rings. The Bertz CT molecular complexity index is 954. The molecule has 1 fully saturated rings. The highest BCUT2D eigenvalue weighted by Gasteiger charge is 2.19. The third kappa shape index (κ3) is 6.18. The van der Waals surface area contributed by atoms with E-state index in [0.29, 0.717) is 24.1 Å². The quantitative estimate of drug-likeness (QED) is 0.449. The van der Waals surface area contributed by atoms with Crippen molar-refractivity contribution in [3.05, 3.63) is 59.6 Å². The third-order valence-electron chi connectivity index (χ3n) is 5.80. The average molecular weight is 440 g/mol. The molecule has 1 aromatic carbocycles. The molecule has 7 nitrogen and oxygen atoms in total. The Morgan fingerprint density at radius 3 is 2.77 bits per heavy atom. The molecule has 0 spiro atoms. The van der Waals surface area contributed by atoms with Crippen molar-refractivity contribution in [1.82, 2.24) is 19.5 Å². The first-order valence-corrected chi connectivity index (χ1v) is 11.4. The van der Waals surface area contributed by atoms with Crippen LogP contribution in [0.25, 0.3) is 5.82 Å². The number of nitrogens with one attached hydrogen (secondary N) is 2. The molecule has 0 bridgehead atoms. The van der Waals surface area contributed by atoms with Crippen molar-refractivity contribution in [2.75, 3.05) is 17.2 Å². The first kappa shape index (κ1) is 21.6. The summed E-state index contributed by atoms with van der Waals surface area (Å²) in [6.45, 7) is 1.15. The summed E-state index contributed by atoms with van der Waals surface area (Å²) in [7, 11) is 0. The van der Waals surface area contributed by atoms with Crippen molar-refractivity contribution < 1.29 is 0 Å². The van der Waals surface area contributed by atoms with Crippen LogP contribution in [-0.4, -0.2) is 32.1 Å². The van der Waals surface area contributed by atoms with Crippen molar-refractivity contribution in [3.8, 4) is 5.82 Å². The lowest BCUT2D eigenvalue weighted by atomic mass is 9.85. The summed E-state index contributed by atoms with van der Waals surface area (Å²) < 4.78 is 1.87. The SMILES string of the molecule is NC[C@@H](CC1CCCCC1)Nc1cc(-n2ccnc2)nc(NCc2cccc(Cl)c2)n1. The summed E-state index contributed by atoms with van der Waals surface area (Å²) in [6, 6.07) is 9.88. The van der Waals surface area contributed by atoms with Gasteiger partial charge in [-0.2, -0.15) is 9.97 Å². The highest BCUT2D eigenvalue weighted by atomic mass is 35.5. The van der Waals surface area contributed by atoms with Gasteiger partial charge < -0.3 is 16.4 Å². The van der Waals surface area contributed by atoms with Crippen molar-refractivity contribution in [1.29, 1.82) is 0 Å². The van der Waals surface area contributed by atoms with Crippen LogP contribution in [0.2, 0.25) is 5.02 Å². The van der Waals surface area contributed by atoms with Gasteiger partial charge in [0.25, 0.3) is 0 Å². The molecule has 0 amide bonds. The van der Waals surface area contributed by atoms with Gasteiger partial charge in [0, 0.05) is 42.6 Å². The second-order valence-electron chi connectivity index (χ2n) is 8.21. The van der Waals surface area contributed by atoms with Gasteiger partial charge in [0.1, 0.15) is 18.0 Å². The van der Waals surface area contributed by atoms with Crippen molar-refractivity contribution >= 4 is 23.4 Å². The van der Waals surface area contributed by atoms with Crippen LogP contribution in [0.3, 0.4) is 0 Å². The van der Waals surface area contributed by atoms with Gasteiger partial charge >= 0.3 is 0 Å². The van der Waals surface area contributed by atoms with Crippen LogP contribution in [0.4, 0.5) is 11.8 Å². The average Bonchev–Trinajstić information content (AvgIpc) is 3.33. The Morgan fingerprint density at radius 2 is 2.03 bits per heavy atom. The lowest BCUT2D eigenvalue weighted by Gasteiger charge is -2.27. The molecule has 0 saturated heterocycles. The minimum atomic E-state index is 0.189. The van der Waals surface area contributed by atoms with E-state index in [1.165, 1.54) is 32.1 Å². The molecule has 8 heteroatoms. The Kier molecular flexibility index (Phi) is 7.38. The van der Waals surface area contributed by atoms with Crippen molar-refractivity contribution in [2.45, 2.75) is 51.1 Å². The van der Waals surface area contributed by atoms with E-state index in [4.69, 9.17) is 22.3 Å². The van der Waals surface area contributed by atoms with E-state index in [1.807, 2.05) is 41.1 Å². The number of nitrogens with two attached hydrogens (primary N) is 1. The minimum absolute atomic E-state index is 0.189. The zero-order chi connectivity index (χ0) is 21.5. The highest BCUT2D eigenvalue weighted by molar-refractivity contribution is 6.30. The summed E-state index contributed by atoms with van der Waals surface area (Å²) >= 11 is 6.11. The zero-order valence-electron chi connectivity index (χ0n) is 17.7. The first-order chi connectivity index (χ1) is 15.2. The Balaban J connectivity index is 1.51. The van der Waals surface area contributed by atoms with Crippen molar-refractivity contribution in [2.24, 2.45) is 11.7 Å². The number of anilines is 2. The van der Waals surface area contributed by atoms with E-state index in [-0.39, 0.29) is 6.04 Å². The predicted molar refractivity (Wildman–Crippen MR) is 126 cm³/mol. The lowest BCUT2D eigenvalue weighted by Crippen LogP contribution is -2.32. The largest absolute Gasteiger partial charge is 0.366 e. The zero-order valence-corrected chi connectivity index (χ0v) is 18.4. The molecule has 3 aromatic rings. The number of imidazole rings is 1. The van der Waals surface area contributed by atoms with E-state index in [0.717, 1.165) is 29.5 Å². The van der Waals surface area contributed by atoms with Crippen LogP contribution in [-0.2, 0) is 6.54 Å². The molecule has 4 N–H and O–H groups in total. The predicted octanol–water partition coefficient (Wildman–Crippen LogP) is 4.64. The van der Waals surface area contributed by atoms with Gasteiger partial charge in [0.15, 0.2) is 0 Å². The fraction of sp³-hybridized carbons (Fsp3) is 0.435. The van der Waals surface area contributed by atoms with Crippen LogP contribution in [0.15, 0.2) is 49.1 Å². The van der Waals surface area contributed by atoms with E-state index >= 15 is 0 Å². The number of nitrogens with zero attached hydrogens (tertiary/aromatic N) is 4. The summed E-state index contributed by atoms with van der Waals surface area (Å²) in [6.07, 6.45) is 13.0. The fourth-order valence-corrected chi connectivity index (χ4v) is 4.40. The van der Waals surface area contributed by atoms with Gasteiger partial charge in [-0.25, -0.2) is 4.98 Å². The molecule has 0 radical (unpaired) electrons. The van der Waals surface area contributed by atoms with Gasteiger partial charge in [0.05, 0.1) is 0 Å². The van der Waals surface area contributed by atoms with Crippen molar-refractivity contribution in [3.63, 3.8) is 0 Å². The molecule has 1 saturated carbocycles. The number of aromatic nitrogens is 4. The van der Waals surface area contributed by atoms with Crippen LogP contribution >= 0.6 is 11.6 Å². The molecule has 2 heterocycles. The lowest BCUT2D eigenvalue weighted by molar-refractivity contribution is 0.324. The second kappa shape index (κ2) is 10.6. The Morgan fingerprint density at radius 1 is 1.16 bits per heavy atom. The molecule has 31 heavy (non-hydrogen) atoms. The number of halogens is 1. The summed E-state index contributed by atoms with van der Waals surface area (Å²) in [4.78, 5) is 13.5. The van der Waals surface area contributed by atoms with Gasteiger partial charge in [-0.3, -0.25) is 4.57 Å². The molecule has 0 aliphatic heterocycles. The third-order valence-corrected chi connectivity index (χ3v) is 6.04. The molecule has 0 unspecified atom stereocenters. The van der Waals surface area contributed by atoms with E-state index in [1.54, 1.807) is 12.5 Å². The van der Waals surface area contributed by atoms with E-state index < -0.39 is 0 Å². The van der Waals surface area contributed by atoms with E-state index in [9.17, 15) is 0 Å². The number of hydrogen-bond donors (Lipinski definition) is 3. The standard InChI is InChI=1S/C23H30ClN7/c24-19-8-4-7-18(11-19)15-27-23-29-21(13-22(30-23)31-10-9-26-16-31)28-20(14-25)12-17-5-2-1-3-6-17/h4,7-11,13,16-17,20H,1-3,5-6,12,14-15,25H2,(H2,27,28,29,30)/t20-/m1/s1. The maximum Gasteiger partial charge on any atom is 0.226 e. The molecule has 1 aliphatic carbocycles. The fourth-order valence-electron chi connectivity index (χ4n) is 4.19. The first-order valence-electron chi connectivity index (χ1n) is 11.0. The normalized spacial score (nSPS) is 15.5. The molecule has 164 valence electrons. The molecular weight excluding hydrogens is 410 g/mol. The van der Waals surface area contributed by atoms with Gasteiger partial charge in [-0.1, -0.05) is 55.8 Å². The van der Waals surface area contributed by atoms with E-state index in [2.05, 4.69) is 20.6 Å². The number of benzene rings is 1. The molecular formula is C23H30ClN7. The number of rotatable bonds is 9. The number of hydrogen-bond acceptors (Lipinski definition) is 6. The topological polar surface area (TPSA) is 93.7 Å². The molecule has 4 rings (SSSR count). The smallest absolute Gasteiger partial charge is 0.226 e. The molecule has 2 aromatic heterocycles. The minimum Gasteiger partial charge on any atom is -0.366 e. The van der Waals surface area contributed by atoms with Crippen LogP contribution in [0.1, 0.15) is 44.1 Å². The van der Waals surface area contributed by atoms with Crippen LogP contribution < -0.4 is 16.4 Å². The Hall–Kier alpha value is -2.64. The van der Waals surface area contributed by atoms with Crippen LogP contribution in [0.5, 0.6) is 0 Å². The maximum absolute atomic E-state index is 6.11. The summed E-state index contributed by atoms with van der Waals surface area (Å²) in [5, 5.41) is 7.58. The summed E-state index contributed by atoms with van der Waals surface area (Å²) in [5.41, 5.74) is 7.17. The maximum atomic E-state index is 6.11.